The minimum Gasteiger partial charge on any atom is -0.356 e. The number of hydrogen-bond acceptors (Lipinski definition) is 2. The van der Waals surface area contributed by atoms with Crippen LogP contribution in [0.25, 0.3) is 10.9 Å². The van der Waals surface area contributed by atoms with E-state index in [9.17, 15) is 0 Å². The molecule has 0 saturated carbocycles. The molecular weight excluding hydrogens is 270 g/mol. The number of H-pyrrole nitrogens is 1. The van der Waals surface area contributed by atoms with Gasteiger partial charge in [0.15, 0.2) is 0 Å². The third-order valence-electron chi connectivity index (χ3n) is 3.62. The lowest BCUT2D eigenvalue weighted by atomic mass is 10.0. The molecule has 1 atom stereocenters. The molecule has 2 N–H and O–H groups in total. The van der Waals surface area contributed by atoms with Gasteiger partial charge in [-0.05, 0) is 26.1 Å². The first-order valence-corrected chi connectivity index (χ1v) is 7.50. The summed E-state index contributed by atoms with van der Waals surface area (Å²) in [5.74, 6) is 0.584. The maximum atomic E-state index is 6.44. The quantitative estimate of drug-likeness (QED) is 0.854. The highest BCUT2D eigenvalue weighted by atomic mass is 35.5. The Kier molecular flexibility index (Phi) is 5.08. The van der Waals surface area contributed by atoms with Crippen molar-refractivity contribution in [3.05, 3.63) is 35.0 Å². The lowest BCUT2D eigenvalue weighted by Crippen LogP contribution is -2.41. The molecule has 0 aliphatic carbocycles. The van der Waals surface area contributed by atoms with Gasteiger partial charge in [0.2, 0.25) is 0 Å². The Morgan fingerprint density at radius 1 is 1.25 bits per heavy atom. The summed E-state index contributed by atoms with van der Waals surface area (Å²) in [6.45, 7) is 6.28. The third-order valence-corrected chi connectivity index (χ3v) is 4.05. The molecule has 3 nitrogen and oxygen atoms in total. The van der Waals surface area contributed by atoms with E-state index in [1.54, 1.807) is 0 Å². The Morgan fingerprint density at radius 3 is 2.55 bits per heavy atom. The number of aromatic amines is 1. The summed E-state index contributed by atoms with van der Waals surface area (Å²) in [6.07, 6.45) is 0. The fourth-order valence-electron chi connectivity index (χ4n) is 2.42. The predicted octanol–water partition coefficient (Wildman–Crippen LogP) is 3.50. The third kappa shape index (κ3) is 3.54. The van der Waals surface area contributed by atoms with Crippen molar-refractivity contribution in [1.82, 2.24) is 15.2 Å². The van der Waals surface area contributed by atoms with E-state index in [1.807, 2.05) is 12.1 Å². The van der Waals surface area contributed by atoms with Crippen LogP contribution >= 0.6 is 11.6 Å². The maximum Gasteiger partial charge on any atom is 0.0705 e. The molecule has 1 unspecified atom stereocenters. The van der Waals surface area contributed by atoms with Crippen molar-refractivity contribution >= 4 is 22.5 Å². The molecule has 0 aliphatic heterocycles. The number of nitrogens with zero attached hydrogens (tertiary/aromatic N) is 1. The van der Waals surface area contributed by atoms with Gasteiger partial charge in [-0.25, -0.2) is 0 Å². The number of aromatic nitrogens is 1. The highest BCUT2D eigenvalue weighted by Crippen LogP contribution is 2.27. The Balaban J connectivity index is 2.09. The molecule has 0 bridgehead atoms. The predicted molar refractivity (Wildman–Crippen MR) is 87.3 cm³/mol. The number of halogens is 1. The lowest BCUT2D eigenvalue weighted by Gasteiger charge is -2.25. The van der Waals surface area contributed by atoms with Crippen molar-refractivity contribution in [3.8, 4) is 0 Å². The number of hydrogen-bond donors (Lipinski definition) is 2. The van der Waals surface area contributed by atoms with Gasteiger partial charge in [0.25, 0.3) is 0 Å². The van der Waals surface area contributed by atoms with Crippen molar-refractivity contribution in [2.24, 2.45) is 5.92 Å². The smallest absolute Gasteiger partial charge is 0.0705 e. The second-order valence-corrected chi connectivity index (χ2v) is 6.33. The second kappa shape index (κ2) is 6.61. The molecule has 1 heterocycles. The first-order chi connectivity index (χ1) is 9.49. The van der Waals surface area contributed by atoms with Gasteiger partial charge in [0, 0.05) is 35.7 Å². The van der Waals surface area contributed by atoms with Crippen LogP contribution in [-0.2, 0) is 6.54 Å². The van der Waals surface area contributed by atoms with Crippen LogP contribution in [0.4, 0.5) is 0 Å². The van der Waals surface area contributed by atoms with E-state index >= 15 is 0 Å². The molecule has 0 fully saturated rings. The zero-order chi connectivity index (χ0) is 14.7. The summed E-state index contributed by atoms with van der Waals surface area (Å²) in [5.41, 5.74) is 2.17. The van der Waals surface area contributed by atoms with Crippen LogP contribution in [0, 0.1) is 5.92 Å². The minimum absolute atomic E-state index is 0.451. The van der Waals surface area contributed by atoms with Gasteiger partial charge in [-0.3, -0.25) is 0 Å². The minimum atomic E-state index is 0.451. The van der Waals surface area contributed by atoms with Crippen LogP contribution < -0.4 is 5.32 Å². The van der Waals surface area contributed by atoms with Gasteiger partial charge >= 0.3 is 0 Å². The monoisotopic (exact) mass is 293 g/mol. The molecule has 2 aromatic rings. The molecule has 1 aromatic carbocycles. The van der Waals surface area contributed by atoms with Crippen LogP contribution in [0.5, 0.6) is 0 Å². The highest BCUT2D eigenvalue weighted by Gasteiger charge is 2.15. The van der Waals surface area contributed by atoms with Crippen LogP contribution in [0.2, 0.25) is 5.02 Å². The van der Waals surface area contributed by atoms with Crippen LogP contribution in [0.1, 0.15) is 19.5 Å². The first-order valence-electron chi connectivity index (χ1n) is 7.12. The fourth-order valence-corrected chi connectivity index (χ4v) is 2.70. The van der Waals surface area contributed by atoms with Crippen molar-refractivity contribution in [2.45, 2.75) is 26.4 Å². The summed E-state index contributed by atoms with van der Waals surface area (Å²) < 4.78 is 0. The number of benzene rings is 1. The van der Waals surface area contributed by atoms with Gasteiger partial charge in [-0.2, -0.15) is 0 Å². The SMILES string of the molecule is CC(C)C(CN(C)C)NCc1[nH]c2ccccc2c1Cl. The van der Waals surface area contributed by atoms with E-state index in [0.29, 0.717) is 12.0 Å². The van der Waals surface area contributed by atoms with E-state index in [1.165, 1.54) is 0 Å². The summed E-state index contributed by atoms with van der Waals surface area (Å²) in [6, 6.07) is 8.60. The van der Waals surface area contributed by atoms with Gasteiger partial charge < -0.3 is 15.2 Å². The summed E-state index contributed by atoms with van der Waals surface area (Å²) in [5, 5.41) is 5.54. The molecule has 4 heteroatoms. The Hall–Kier alpha value is -1.03. The van der Waals surface area contributed by atoms with Gasteiger partial charge in [0.05, 0.1) is 5.02 Å². The normalized spacial score (nSPS) is 13.6. The molecule has 0 radical (unpaired) electrons. The lowest BCUT2D eigenvalue weighted by molar-refractivity contribution is 0.287. The van der Waals surface area contributed by atoms with Crippen LogP contribution in [0.3, 0.4) is 0 Å². The Morgan fingerprint density at radius 2 is 1.95 bits per heavy atom. The molecular formula is C16H24ClN3. The number of para-hydroxylation sites is 1. The van der Waals surface area contributed by atoms with E-state index < -0.39 is 0 Å². The Bertz CT molecular complexity index is 560. The van der Waals surface area contributed by atoms with Crippen molar-refractivity contribution in [1.29, 1.82) is 0 Å². The Labute approximate surface area is 126 Å². The first kappa shape index (κ1) is 15.4. The largest absolute Gasteiger partial charge is 0.356 e. The molecule has 0 spiro atoms. The van der Waals surface area contributed by atoms with Crippen LogP contribution in [-0.4, -0.2) is 36.6 Å². The molecule has 20 heavy (non-hydrogen) atoms. The van der Waals surface area contributed by atoms with Gasteiger partial charge in [-0.1, -0.05) is 43.6 Å². The summed E-state index contributed by atoms with van der Waals surface area (Å²) in [4.78, 5) is 5.62. The molecule has 2 rings (SSSR count). The molecule has 0 amide bonds. The topological polar surface area (TPSA) is 31.1 Å². The molecule has 110 valence electrons. The van der Waals surface area contributed by atoms with E-state index in [2.05, 4.69) is 55.3 Å². The molecule has 1 aromatic heterocycles. The molecule has 0 saturated heterocycles. The second-order valence-electron chi connectivity index (χ2n) is 5.96. The average molecular weight is 294 g/mol. The van der Waals surface area contributed by atoms with Crippen molar-refractivity contribution in [2.75, 3.05) is 20.6 Å². The summed E-state index contributed by atoms with van der Waals surface area (Å²) >= 11 is 6.44. The zero-order valence-corrected chi connectivity index (χ0v) is 13.5. The number of likely N-dealkylation sites (N-methyl/N-ethyl adjacent to an activating group) is 1. The van der Waals surface area contributed by atoms with Crippen molar-refractivity contribution < 1.29 is 0 Å². The highest BCUT2D eigenvalue weighted by molar-refractivity contribution is 6.36. The standard InChI is InChI=1S/C16H24ClN3/c1-11(2)15(10-20(3)4)18-9-14-16(17)12-7-5-6-8-13(12)19-14/h5-8,11,15,18-19H,9-10H2,1-4H3. The van der Waals surface area contributed by atoms with Crippen LogP contribution in [0.15, 0.2) is 24.3 Å². The number of rotatable bonds is 6. The number of fused-ring (bicyclic) bond motifs is 1. The van der Waals surface area contributed by atoms with E-state index in [-0.39, 0.29) is 0 Å². The van der Waals surface area contributed by atoms with E-state index in [4.69, 9.17) is 11.6 Å². The number of nitrogens with one attached hydrogen (secondary N) is 2. The fraction of sp³-hybridized carbons (Fsp3) is 0.500. The zero-order valence-electron chi connectivity index (χ0n) is 12.7. The van der Waals surface area contributed by atoms with Gasteiger partial charge in [-0.15, -0.1) is 0 Å². The summed E-state index contributed by atoms with van der Waals surface area (Å²) in [7, 11) is 4.21. The molecule has 0 aliphatic rings. The van der Waals surface area contributed by atoms with Gasteiger partial charge in [0.1, 0.15) is 0 Å². The average Bonchev–Trinajstić information content (AvgIpc) is 2.71. The van der Waals surface area contributed by atoms with E-state index in [0.717, 1.165) is 34.7 Å². The maximum absolute atomic E-state index is 6.44. The van der Waals surface area contributed by atoms with Crippen molar-refractivity contribution in [3.63, 3.8) is 0 Å².